The molecule has 0 bridgehead atoms. The lowest BCUT2D eigenvalue weighted by Gasteiger charge is -2.41. The fourth-order valence-electron chi connectivity index (χ4n) is 4.90. The van der Waals surface area contributed by atoms with Gasteiger partial charge in [-0.2, -0.15) is 0 Å². The first-order valence-corrected chi connectivity index (χ1v) is 11.2. The van der Waals surface area contributed by atoms with Gasteiger partial charge >= 0.3 is 5.63 Å². The number of piperazine rings is 1. The number of fused-ring (bicyclic) bond motifs is 3. The standard InChI is InChI=1S/C26H27N3O3/c1-4-28-22(15-21-24(28)20-10-5-6-11-23(20)32-26(21)31)25(30)27-12-13-29(18(3)16-27)19-9-7-8-17(2)14-19/h5-11,14-15,18H,4,12-13,16H2,1-3H3. The molecule has 4 aromatic rings. The third kappa shape index (κ3) is 3.27. The van der Waals surface area contributed by atoms with Crippen molar-refractivity contribution in [2.75, 3.05) is 24.5 Å². The van der Waals surface area contributed by atoms with Crippen molar-refractivity contribution in [2.45, 2.75) is 33.4 Å². The molecule has 1 amide bonds. The Balaban J connectivity index is 1.50. The Morgan fingerprint density at radius 1 is 1.06 bits per heavy atom. The summed E-state index contributed by atoms with van der Waals surface area (Å²) in [6.45, 7) is 8.88. The second kappa shape index (κ2) is 7.86. The van der Waals surface area contributed by atoms with Crippen molar-refractivity contribution in [3.05, 3.63) is 76.3 Å². The first kappa shape index (κ1) is 20.4. The van der Waals surface area contributed by atoms with Crippen LogP contribution >= 0.6 is 0 Å². The lowest BCUT2D eigenvalue weighted by atomic mass is 10.1. The van der Waals surface area contributed by atoms with Crippen LogP contribution in [0.3, 0.4) is 0 Å². The number of hydrogen-bond donors (Lipinski definition) is 0. The van der Waals surface area contributed by atoms with E-state index in [0.717, 1.165) is 17.4 Å². The average Bonchev–Trinajstić information content (AvgIpc) is 3.19. The van der Waals surface area contributed by atoms with Gasteiger partial charge in [0.2, 0.25) is 0 Å². The second-order valence-electron chi connectivity index (χ2n) is 8.55. The van der Waals surface area contributed by atoms with Crippen molar-refractivity contribution in [2.24, 2.45) is 0 Å². The zero-order chi connectivity index (χ0) is 22.4. The van der Waals surface area contributed by atoms with Crippen LogP contribution in [0.25, 0.3) is 21.9 Å². The molecule has 1 fully saturated rings. The summed E-state index contributed by atoms with van der Waals surface area (Å²) in [6.07, 6.45) is 0. The number of carbonyl (C=O) groups excluding carboxylic acids is 1. The van der Waals surface area contributed by atoms with E-state index in [4.69, 9.17) is 4.42 Å². The molecule has 1 atom stereocenters. The molecule has 1 aliphatic rings. The highest BCUT2D eigenvalue weighted by Gasteiger charge is 2.30. The Morgan fingerprint density at radius 3 is 2.62 bits per heavy atom. The van der Waals surface area contributed by atoms with Crippen LogP contribution in [0, 0.1) is 6.92 Å². The number of aryl methyl sites for hydroxylation is 2. The number of para-hydroxylation sites is 1. The largest absolute Gasteiger partial charge is 0.422 e. The minimum Gasteiger partial charge on any atom is -0.422 e. The summed E-state index contributed by atoms with van der Waals surface area (Å²) in [5.74, 6) is -0.0396. The SMILES string of the molecule is CCn1c(C(=O)N2CCN(c3cccc(C)c3)C(C)C2)cc2c(=O)oc3ccccc3c21. The molecule has 6 heteroatoms. The molecule has 6 nitrogen and oxygen atoms in total. The van der Waals surface area contributed by atoms with Crippen LogP contribution in [0.1, 0.15) is 29.9 Å². The smallest absolute Gasteiger partial charge is 0.345 e. The molecular formula is C26H27N3O3. The van der Waals surface area contributed by atoms with E-state index >= 15 is 0 Å². The number of carbonyl (C=O) groups is 1. The number of benzene rings is 2. The first-order chi connectivity index (χ1) is 15.5. The zero-order valence-corrected chi connectivity index (χ0v) is 18.7. The lowest BCUT2D eigenvalue weighted by Crippen LogP contribution is -2.54. The molecule has 5 rings (SSSR count). The molecule has 0 aliphatic carbocycles. The van der Waals surface area contributed by atoms with Gasteiger partial charge in [-0.05, 0) is 56.7 Å². The van der Waals surface area contributed by atoms with Crippen LogP contribution in [-0.2, 0) is 6.54 Å². The number of anilines is 1. The number of aromatic nitrogens is 1. The summed E-state index contributed by atoms with van der Waals surface area (Å²) in [6, 6.07) is 17.9. The third-order valence-electron chi connectivity index (χ3n) is 6.44. The Bertz CT molecular complexity index is 1380. The molecule has 0 spiro atoms. The van der Waals surface area contributed by atoms with Gasteiger partial charge in [-0.3, -0.25) is 4.79 Å². The summed E-state index contributed by atoms with van der Waals surface area (Å²) >= 11 is 0. The molecule has 1 unspecified atom stereocenters. The van der Waals surface area contributed by atoms with Crippen molar-refractivity contribution >= 4 is 33.5 Å². The van der Waals surface area contributed by atoms with Crippen molar-refractivity contribution in [1.29, 1.82) is 0 Å². The van der Waals surface area contributed by atoms with E-state index in [1.165, 1.54) is 11.3 Å². The second-order valence-corrected chi connectivity index (χ2v) is 8.55. The number of nitrogens with zero attached hydrogens (tertiary/aromatic N) is 3. The molecule has 3 heterocycles. The van der Waals surface area contributed by atoms with Crippen LogP contribution in [0.2, 0.25) is 0 Å². The maximum atomic E-state index is 13.6. The Kier molecular flexibility index (Phi) is 5.00. The van der Waals surface area contributed by atoms with E-state index in [1.54, 1.807) is 12.1 Å². The van der Waals surface area contributed by atoms with Crippen LogP contribution < -0.4 is 10.5 Å². The fraction of sp³-hybridized carbons (Fsp3) is 0.308. The third-order valence-corrected chi connectivity index (χ3v) is 6.44. The van der Waals surface area contributed by atoms with Crippen molar-refractivity contribution in [3.63, 3.8) is 0 Å². The van der Waals surface area contributed by atoms with Gasteiger partial charge in [-0.1, -0.05) is 24.3 Å². The van der Waals surface area contributed by atoms with E-state index in [0.29, 0.717) is 36.3 Å². The maximum absolute atomic E-state index is 13.6. The van der Waals surface area contributed by atoms with Gasteiger partial charge in [0.25, 0.3) is 5.91 Å². The predicted molar refractivity (Wildman–Crippen MR) is 128 cm³/mol. The van der Waals surface area contributed by atoms with Crippen LogP contribution in [0.4, 0.5) is 5.69 Å². The Morgan fingerprint density at radius 2 is 1.88 bits per heavy atom. The molecule has 1 aliphatic heterocycles. The van der Waals surface area contributed by atoms with Crippen molar-refractivity contribution < 1.29 is 9.21 Å². The van der Waals surface area contributed by atoms with E-state index in [-0.39, 0.29) is 11.9 Å². The summed E-state index contributed by atoms with van der Waals surface area (Å²) in [4.78, 5) is 30.5. The molecule has 164 valence electrons. The van der Waals surface area contributed by atoms with Gasteiger partial charge in [0.1, 0.15) is 11.3 Å². The van der Waals surface area contributed by atoms with Gasteiger partial charge in [-0.15, -0.1) is 0 Å². The molecule has 0 saturated carbocycles. The number of amides is 1. The van der Waals surface area contributed by atoms with Gasteiger partial charge in [0.05, 0.1) is 10.9 Å². The van der Waals surface area contributed by atoms with Crippen LogP contribution in [0.5, 0.6) is 0 Å². The molecular weight excluding hydrogens is 402 g/mol. The fourth-order valence-corrected chi connectivity index (χ4v) is 4.90. The van der Waals surface area contributed by atoms with Crippen LogP contribution in [0.15, 0.2) is 63.8 Å². The van der Waals surface area contributed by atoms with E-state index < -0.39 is 5.63 Å². The highest BCUT2D eigenvalue weighted by Crippen LogP contribution is 2.28. The normalized spacial score (nSPS) is 16.8. The predicted octanol–water partition coefficient (Wildman–Crippen LogP) is 4.43. The summed E-state index contributed by atoms with van der Waals surface area (Å²) in [5, 5.41) is 1.31. The van der Waals surface area contributed by atoms with Gasteiger partial charge in [-0.25, -0.2) is 4.79 Å². The Hall–Kier alpha value is -3.54. The number of hydrogen-bond acceptors (Lipinski definition) is 4. The summed E-state index contributed by atoms with van der Waals surface area (Å²) in [7, 11) is 0. The minimum atomic E-state index is -0.405. The minimum absolute atomic E-state index is 0.0396. The van der Waals surface area contributed by atoms with Gasteiger partial charge < -0.3 is 18.8 Å². The molecule has 0 N–H and O–H groups in total. The van der Waals surface area contributed by atoms with E-state index in [9.17, 15) is 9.59 Å². The summed E-state index contributed by atoms with van der Waals surface area (Å²) < 4.78 is 7.46. The zero-order valence-electron chi connectivity index (χ0n) is 18.7. The molecule has 2 aromatic heterocycles. The highest BCUT2D eigenvalue weighted by molar-refractivity contribution is 6.07. The molecule has 1 saturated heterocycles. The van der Waals surface area contributed by atoms with E-state index in [1.807, 2.05) is 34.6 Å². The van der Waals surface area contributed by atoms with Crippen LogP contribution in [-0.4, -0.2) is 41.1 Å². The topological polar surface area (TPSA) is 58.7 Å². The van der Waals surface area contributed by atoms with Crippen molar-refractivity contribution in [3.8, 4) is 0 Å². The average molecular weight is 430 g/mol. The first-order valence-electron chi connectivity index (χ1n) is 11.2. The van der Waals surface area contributed by atoms with Crippen molar-refractivity contribution in [1.82, 2.24) is 9.47 Å². The highest BCUT2D eigenvalue weighted by atomic mass is 16.4. The van der Waals surface area contributed by atoms with E-state index in [2.05, 4.69) is 43.0 Å². The lowest BCUT2D eigenvalue weighted by molar-refractivity contribution is 0.0716. The monoisotopic (exact) mass is 429 g/mol. The Labute approximate surface area is 186 Å². The van der Waals surface area contributed by atoms with Gasteiger partial charge in [0, 0.05) is 43.3 Å². The summed E-state index contributed by atoms with van der Waals surface area (Å²) in [5.41, 5.74) is 3.87. The maximum Gasteiger partial charge on any atom is 0.345 e. The molecule has 2 aromatic carbocycles. The quantitative estimate of drug-likeness (QED) is 0.452. The van der Waals surface area contributed by atoms with Gasteiger partial charge in [0.15, 0.2) is 0 Å². The molecule has 32 heavy (non-hydrogen) atoms. The number of rotatable bonds is 3. The molecule has 0 radical (unpaired) electrons.